The first kappa shape index (κ1) is 18.2. The second kappa shape index (κ2) is 6.11. The number of amides is 3. The maximum Gasteiger partial charge on any atom is 0.228 e. The van der Waals surface area contributed by atoms with Gasteiger partial charge < -0.3 is 14.7 Å². The van der Waals surface area contributed by atoms with Crippen molar-refractivity contribution in [3.05, 3.63) is 17.7 Å². The molecule has 3 saturated heterocycles. The van der Waals surface area contributed by atoms with Crippen molar-refractivity contribution < 1.29 is 14.4 Å². The third-order valence-electron chi connectivity index (χ3n) is 9.12. The van der Waals surface area contributed by atoms with E-state index in [2.05, 4.69) is 12.1 Å². The molecule has 0 aromatic heterocycles. The molecule has 6 nitrogen and oxygen atoms in total. The molecule has 3 aliphatic heterocycles. The van der Waals surface area contributed by atoms with Gasteiger partial charge in [-0.15, -0.1) is 0 Å². The first-order chi connectivity index (χ1) is 15.0. The Kier molecular flexibility index (Phi) is 3.59. The van der Waals surface area contributed by atoms with Crippen molar-refractivity contribution in [2.45, 2.75) is 63.2 Å². The van der Waals surface area contributed by atoms with Crippen LogP contribution in [0, 0.1) is 17.8 Å². The molecule has 0 unspecified atom stereocenters. The summed E-state index contributed by atoms with van der Waals surface area (Å²) >= 11 is 0. The van der Waals surface area contributed by atoms with E-state index in [1.807, 2.05) is 9.80 Å². The van der Waals surface area contributed by atoms with Gasteiger partial charge in [0.2, 0.25) is 17.7 Å². The predicted molar refractivity (Wildman–Crippen MR) is 117 cm³/mol. The molecule has 0 atom stereocenters. The lowest BCUT2D eigenvalue weighted by Crippen LogP contribution is -2.51. The Balaban J connectivity index is 1.41. The van der Waals surface area contributed by atoms with Crippen molar-refractivity contribution in [2.75, 3.05) is 34.3 Å². The van der Waals surface area contributed by atoms with Crippen LogP contribution < -0.4 is 14.7 Å². The summed E-state index contributed by atoms with van der Waals surface area (Å²) in [4.78, 5) is 43.0. The predicted octanol–water partition coefficient (Wildman–Crippen LogP) is 3.36. The Bertz CT molecular complexity index is 951. The van der Waals surface area contributed by atoms with Crippen molar-refractivity contribution in [2.24, 2.45) is 17.8 Å². The molecule has 4 aliphatic carbocycles. The summed E-state index contributed by atoms with van der Waals surface area (Å²) in [7, 11) is 0. The van der Waals surface area contributed by atoms with Crippen LogP contribution in [-0.2, 0) is 19.8 Å². The molecule has 162 valence electrons. The van der Waals surface area contributed by atoms with Crippen LogP contribution >= 0.6 is 0 Å². The van der Waals surface area contributed by atoms with Crippen LogP contribution in [0.3, 0.4) is 0 Å². The molecule has 0 N–H and O–H groups in total. The zero-order valence-electron chi connectivity index (χ0n) is 17.9. The Morgan fingerprint density at radius 1 is 0.645 bits per heavy atom. The summed E-state index contributed by atoms with van der Waals surface area (Å²) in [5.41, 5.74) is 4.02. The zero-order valence-corrected chi connectivity index (χ0v) is 17.9. The molecule has 3 amide bonds. The second-order valence-electron chi connectivity index (χ2n) is 10.9. The van der Waals surface area contributed by atoms with E-state index in [0.29, 0.717) is 38.9 Å². The number of hydrogen-bond acceptors (Lipinski definition) is 3. The van der Waals surface area contributed by atoms with Gasteiger partial charge in [0.25, 0.3) is 0 Å². The van der Waals surface area contributed by atoms with E-state index < -0.39 is 0 Å². The SMILES string of the molecule is O=C1CCN1c1cc(C23CC4CC(CC(C4)C2)C3)cc(N2CCC2=O)c1N1CCC1=O. The molecular formula is C25H29N3O3. The van der Waals surface area contributed by atoms with Gasteiger partial charge in [-0.2, -0.15) is 0 Å². The molecule has 0 spiro atoms. The molecular weight excluding hydrogens is 390 g/mol. The summed E-state index contributed by atoms with van der Waals surface area (Å²) < 4.78 is 0. The third kappa shape index (κ3) is 2.48. The smallest absolute Gasteiger partial charge is 0.228 e. The standard InChI is InChI=1S/C25H29N3O3/c29-21-1-4-26(21)19-10-18(25-12-15-7-16(13-25)9-17(8-15)14-25)11-20(27-5-2-22(27)30)24(19)28-6-3-23(28)31/h10-11,15-17H,1-9,12-14H2. The van der Waals surface area contributed by atoms with Gasteiger partial charge in [-0.3, -0.25) is 14.4 Å². The Morgan fingerprint density at radius 3 is 1.39 bits per heavy atom. The van der Waals surface area contributed by atoms with Crippen LogP contribution in [0.25, 0.3) is 0 Å². The van der Waals surface area contributed by atoms with Crippen molar-refractivity contribution in [3.8, 4) is 0 Å². The average molecular weight is 420 g/mol. The highest BCUT2D eigenvalue weighted by Gasteiger charge is 2.52. The Labute approximate surface area is 182 Å². The summed E-state index contributed by atoms with van der Waals surface area (Å²) in [6.07, 6.45) is 9.53. The monoisotopic (exact) mass is 419 g/mol. The highest BCUT2D eigenvalue weighted by Crippen LogP contribution is 2.62. The number of β-lactam (4-membered cyclic amide) rings is 3. The van der Waals surface area contributed by atoms with Crippen molar-refractivity contribution in [1.29, 1.82) is 0 Å². The molecule has 0 radical (unpaired) electrons. The van der Waals surface area contributed by atoms with E-state index in [9.17, 15) is 14.4 Å². The van der Waals surface area contributed by atoms with Gasteiger partial charge in [0.05, 0.1) is 17.1 Å². The van der Waals surface area contributed by atoms with E-state index in [0.717, 1.165) is 34.8 Å². The molecule has 1 aromatic rings. The molecule has 31 heavy (non-hydrogen) atoms. The van der Waals surface area contributed by atoms with E-state index in [1.165, 1.54) is 44.1 Å². The normalized spacial score (nSPS) is 35.9. The van der Waals surface area contributed by atoms with Crippen LogP contribution in [-0.4, -0.2) is 37.4 Å². The highest BCUT2D eigenvalue weighted by molar-refractivity contribution is 6.13. The quantitative estimate of drug-likeness (QED) is 0.703. The van der Waals surface area contributed by atoms with Crippen molar-refractivity contribution in [3.63, 3.8) is 0 Å². The lowest BCUT2D eigenvalue weighted by molar-refractivity contribution is -0.123. The number of anilines is 3. The maximum atomic E-state index is 12.5. The van der Waals surface area contributed by atoms with E-state index >= 15 is 0 Å². The minimum absolute atomic E-state index is 0.0889. The molecule has 7 aliphatic rings. The second-order valence-corrected chi connectivity index (χ2v) is 10.9. The van der Waals surface area contributed by atoms with Crippen LogP contribution in [0.2, 0.25) is 0 Å². The van der Waals surface area contributed by atoms with E-state index in [4.69, 9.17) is 0 Å². The van der Waals surface area contributed by atoms with Gasteiger partial charge in [0, 0.05) is 38.9 Å². The molecule has 7 fully saturated rings. The van der Waals surface area contributed by atoms with Crippen LogP contribution in [0.15, 0.2) is 12.1 Å². The number of carbonyl (C=O) groups excluding carboxylic acids is 3. The fraction of sp³-hybridized carbons (Fsp3) is 0.640. The first-order valence-corrected chi connectivity index (χ1v) is 12.1. The van der Waals surface area contributed by atoms with Gasteiger partial charge in [-0.25, -0.2) is 0 Å². The van der Waals surface area contributed by atoms with Gasteiger partial charge in [-0.05, 0) is 79.4 Å². The van der Waals surface area contributed by atoms with Crippen molar-refractivity contribution in [1.82, 2.24) is 0 Å². The average Bonchev–Trinajstić information content (AvgIpc) is 2.71. The summed E-state index contributed by atoms with van der Waals surface area (Å²) in [6.45, 7) is 2.07. The lowest BCUT2D eigenvalue weighted by atomic mass is 9.48. The van der Waals surface area contributed by atoms with E-state index in [-0.39, 0.29) is 23.1 Å². The maximum absolute atomic E-state index is 12.5. The van der Waals surface area contributed by atoms with E-state index in [1.54, 1.807) is 4.90 Å². The lowest BCUT2D eigenvalue weighted by Gasteiger charge is -2.57. The first-order valence-electron chi connectivity index (χ1n) is 12.1. The number of hydrogen-bond donors (Lipinski definition) is 0. The highest BCUT2D eigenvalue weighted by atomic mass is 16.2. The number of nitrogens with zero attached hydrogens (tertiary/aromatic N) is 3. The van der Waals surface area contributed by atoms with Crippen LogP contribution in [0.4, 0.5) is 17.1 Å². The van der Waals surface area contributed by atoms with Crippen LogP contribution in [0.5, 0.6) is 0 Å². The zero-order chi connectivity index (χ0) is 20.9. The summed E-state index contributed by atoms with van der Waals surface area (Å²) in [6, 6.07) is 4.47. The van der Waals surface area contributed by atoms with Crippen molar-refractivity contribution >= 4 is 34.8 Å². The van der Waals surface area contributed by atoms with Gasteiger partial charge in [0.1, 0.15) is 0 Å². The number of benzene rings is 1. The minimum Gasteiger partial charge on any atom is -0.310 e. The molecule has 4 bridgehead atoms. The number of carbonyl (C=O) groups is 3. The Morgan fingerprint density at radius 2 is 1.06 bits per heavy atom. The fourth-order valence-electron chi connectivity index (χ4n) is 7.75. The largest absolute Gasteiger partial charge is 0.310 e. The summed E-state index contributed by atoms with van der Waals surface area (Å²) in [5, 5.41) is 0. The molecule has 1 aromatic carbocycles. The summed E-state index contributed by atoms with van der Waals surface area (Å²) in [5.74, 6) is 2.81. The minimum atomic E-state index is 0.0889. The molecule has 4 saturated carbocycles. The van der Waals surface area contributed by atoms with Gasteiger partial charge in [-0.1, -0.05) is 0 Å². The van der Waals surface area contributed by atoms with Gasteiger partial charge >= 0.3 is 0 Å². The Hall–Kier alpha value is -2.37. The molecule has 3 heterocycles. The molecule has 6 heteroatoms. The van der Waals surface area contributed by atoms with Gasteiger partial charge in [0.15, 0.2) is 0 Å². The van der Waals surface area contributed by atoms with Crippen LogP contribution in [0.1, 0.15) is 63.4 Å². The number of rotatable bonds is 4. The topological polar surface area (TPSA) is 60.9 Å². The molecule has 8 rings (SSSR count). The third-order valence-corrected chi connectivity index (χ3v) is 9.12. The fourth-order valence-corrected chi connectivity index (χ4v) is 7.75.